The fraction of sp³-hybridized carbons (Fsp3) is 1.00. The Morgan fingerprint density at radius 3 is 1.07 bits per heavy atom. The summed E-state index contributed by atoms with van der Waals surface area (Å²) in [5, 5.41) is 34.0. The molecule has 0 saturated carbocycles. The SMILES string of the molecule is CCCCCCCCCCCCCO.O=S(=O)(O)O.OCCN(CCO)CCO. The molecule has 0 aromatic heterocycles. The van der Waals surface area contributed by atoms with E-state index in [-0.39, 0.29) is 19.8 Å². The van der Waals surface area contributed by atoms with Crippen LogP contribution in [-0.2, 0) is 10.4 Å². The van der Waals surface area contributed by atoms with E-state index in [1.54, 1.807) is 4.90 Å². The molecule has 0 amide bonds. The van der Waals surface area contributed by atoms with E-state index in [9.17, 15) is 0 Å². The number of unbranched alkanes of at least 4 members (excludes halogenated alkanes) is 10. The first kappa shape index (κ1) is 33.3. The average molecular weight is 448 g/mol. The van der Waals surface area contributed by atoms with Gasteiger partial charge in [0.1, 0.15) is 0 Å². The molecule has 0 heterocycles. The third-order valence-corrected chi connectivity index (χ3v) is 4.01. The molecule has 0 unspecified atom stereocenters. The summed E-state index contributed by atoms with van der Waals surface area (Å²) in [7, 11) is -4.67. The first-order valence-electron chi connectivity index (χ1n) is 10.6. The first-order chi connectivity index (χ1) is 13.8. The van der Waals surface area contributed by atoms with E-state index in [1.165, 1.54) is 64.2 Å². The molecular formula is C19H45NO8S. The summed E-state index contributed by atoms with van der Waals surface area (Å²) in [6.07, 6.45) is 14.8. The number of hydrogen-bond donors (Lipinski definition) is 6. The molecule has 0 aromatic carbocycles. The zero-order chi connectivity index (χ0) is 22.8. The van der Waals surface area contributed by atoms with Gasteiger partial charge in [0.25, 0.3) is 0 Å². The minimum atomic E-state index is -4.67. The van der Waals surface area contributed by atoms with Crippen molar-refractivity contribution in [1.82, 2.24) is 4.90 Å². The Kier molecular flexibility index (Phi) is 31.8. The lowest BCUT2D eigenvalue weighted by Crippen LogP contribution is -2.32. The maximum atomic E-state index is 8.74. The van der Waals surface area contributed by atoms with Crippen LogP contribution >= 0.6 is 0 Å². The quantitative estimate of drug-likeness (QED) is 0.145. The van der Waals surface area contributed by atoms with Gasteiger partial charge in [-0.1, -0.05) is 71.1 Å². The van der Waals surface area contributed by atoms with Crippen LogP contribution in [0, 0.1) is 0 Å². The second kappa shape index (κ2) is 27.7. The highest BCUT2D eigenvalue weighted by Crippen LogP contribution is 2.10. The summed E-state index contributed by atoms with van der Waals surface area (Å²) < 4.78 is 31.6. The molecule has 0 fully saturated rings. The van der Waals surface area contributed by atoms with Crippen molar-refractivity contribution in [2.45, 2.75) is 77.6 Å². The third-order valence-electron chi connectivity index (χ3n) is 4.01. The van der Waals surface area contributed by atoms with Gasteiger partial charge in [-0.25, -0.2) is 0 Å². The van der Waals surface area contributed by atoms with Gasteiger partial charge in [-0.15, -0.1) is 0 Å². The van der Waals surface area contributed by atoms with Crippen molar-refractivity contribution in [3.63, 3.8) is 0 Å². The van der Waals surface area contributed by atoms with E-state index < -0.39 is 10.4 Å². The number of nitrogens with zero attached hydrogens (tertiary/aromatic N) is 1. The Bertz CT molecular complexity index is 348. The molecule has 0 spiro atoms. The maximum absolute atomic E-state index is 8.74. The highest BCUT2D eigenvalue weighted by Gasteiger charge is 2.00. The maximum Gasteiger partial charge on any atom is 0.394 e. The predicted molar refractivity (Wildman–Crippen MR) is 115 cm³/mol. The lowest BCUT2D eigenvalue weighted by Gasteiger charge is -2.17. The van der Waals surface area contributed by atoms with E-state index >= 15 is 0 Å². The van der Waals surface area contributed by atoms with E-state index in [0.717, 1.165) is 6.42 Å². The summed E-state index contributed by atoms with van der Waals surface area (Å²) in [6.45, 7) is 4.39. The van der Waals surface area contributed by atoms with Crippen LogP contribution < -0.4 is 0 Å². The Hall–Kier alpha value is -0.330. The average Bonchev–Trinajstić information content (AvgIpc) is 2.63. The standard InChI is InChI=1S/C13H28O.C6H15NO3.H2O4S/c1-2-3-4-5-6-7-8-9-10-11-12-13-14;8-4-1-7(2-5-9)3-6-10;1-5(2,3)4/h14H,2-13H2,1H3;8-10H,1-6H2;(H2,1,2,3,4). The van der Waals surface area contributed by atoms with Crippen LogP contribution in [0.3, 0.4) is 0 Å². The smallest absolute Gasteiger partial charge is 0.394 e. The van der Waals surface area contributed by atoms with Crippen LogP contribution in [0.5, 0.6) is 0 Å². The molecule has 0 radical (unpaired) electrons. The van der Waals surface area contributed by atoms with Crippen LogP contribution in [0.1, 0.15) is 77.6 Å². The molecule has 9 nitrogen and oxygen atoms in total. The van der Waals surface area contributed by atoms with Crippen LogP contribution in [0.15, 0.2) is 0 Å². The van der Waals surface area contributed by atoms with E-state index in [4.69, 9.17) is 37.9 Å². The van der Waals surface area contributed by atoms with Crippen LogP contribution in [0.4, 0.5) is 0 Å². The number of aliphatic hydroxyl groups excluding tert-OH is 4. The van der Waals surface area contributed by atoms with Crippen LogP contribution in [0.2, 0.25) is 0 Å². The van der Waals surface area contributed by atoms with Crippen molar-refractivity contribution in [2.75, 3.05) is 46.1 Å². The van der Waals surface area contributed by atoms with Gasteiger partial charge in [0.2, 0.25) is 0 Å². The fourth-order valence-electron chi connectivity index (χ4n) is 2.54. The van der Waals surface area contributed by atoms with Crippen molar-refractivity contribution in [2.24, 2.45) is 0 Å². The molecule has 0 aliphatic rings. The third kappa shape index (κ3) is 47.1. The second-order valence-electron chi connectivity index (χ2n) is 6.72. The highest BCUT2D eigenvalue weighted by molar-refractivity contribution is 7.79. The molecule has 0 bridgehead atoms. The number of rotatable bonds is 17. The molecule has 6 N–H and O–H groups in total. The van der Waals surface area contributed by atoms with Gasteiger partial charge in [0, 0.05) is 26.2 Å². The Morgan fingerprint density at radius 1 is 0.552 bits per heavy atom. The van der Waals surface area contributed by atoms with Crippen LogP contribution in [0.25, 0.3) is 0 Å². The molecule has 0 rings (SSSR count). The molecule has 29 heavy (non-hydrogen) atoms. The lowest BCUT2D eigenvalue weighted by atomic mass is 10.1. The van der Waals surface area contributed by atoms with E-state index in [1.807, 2.05) is 0 Å². The molecule has 180 valence electrons. The van der Waals surface area contributed by atoms with Crippen molar-refractivity contribution in [1.29, 1.82) is 0 Å². The normalized spacial score (nSPS) is 10.9. The van der Waals surface area contributed by atoms with Gasteiger partial charge in [-0.05, 0) is 6.42 Å². The van der Waals surface area contributed by atoms with E-state index in [0.29, 0.717) is 26.2 Å². The Morgan fingerprint density at radius 2 is 0.828 bits per heavy atom. The topological polar surface area (TPSA) is 159 Å². The fourth-order valence-corrected chi connectivity index (χ4v) is 2.54. The minimum absolute atomic E-state index is 0.0694. The summed E-state index contributed by atoms with van der Waals surface area (Å²) in [5.74, 6) is 0. The number of hydrogen-bond acceptors (Lipinski definition) is 7. The van der Waals surface area contributed by atoms with Gasteiger partial charge in [0.05, 0.1) is 19.8 Å². The van der Waals surface area contributed by atoms with Gasteiger partial charge in [0.15, 0.2) is 0 Å². The van der Waals surface area contributed by atoms with Gasteiger partial charge in [-0.2, -0.15) is 8.42 Å². The van der Waals surface area contributed by atoms with Gasteiger partial charge < -0.3 is 20.4 Å². The largest absolute Gasteiger partial charge is 0.396 e. The molecule has 0 aliphatic heterocycles. The van der Waals surface area contributed by atoms with Crippen molar-refractivity contribution in [3.05, 3.63) is 0 Å². The summed E-state index contributed by atoms with van der Waals surface area (Å²) in [4.78, 5) is 1.79. The van der Waals surface area contributed by atoms with Gasteiger partial charge >= 0.3 is 10.4 Å². The predicted octanol–water partition coefficient (Wildman–Crippen LogP) is 1.90. The van der Waals surface area contributed by atoms with Crippen molar-refractivity contribution >= 4 is 10.4 Å². The monoisotopic (exact) mass is 447 g/mol. The molecule has 0 atom stereocenters. The summed E-state index contributed by atoms with van der Waals surface area (Å²) in [5.41, 5.74) is 0. The summed E-state index contributed by atoms with van der Waals surface area (Å²) >= 11 is 0. The van der Waals surface area contributed by atoms with Gasteiger partial charge in [-0.3, -0.25) is 14.0 Å². The first-order valence-corrected chi connectivity index (χ1v) is 12.0. The molecule has 10 heteroatoms. The van der Waals surface area contributed by atoms with Crippen molar-refractivity contribution < 1.29 is 37.9 Å². The minimum Gasteiger partial charge on any atom is -0.396 e. The zero-order valence-corrected chi connectivity index (χ0v) is 18.9. The van der Waals surface area contributed by atoms with E-state index in [2.05, 4.69) is 6.92 Å². The van der Waals surface area contributed by atoms with Crippen LogP contribution in [-0.4, -0.2) is 88.9 Å². The molecular weight excluding hydrogens is 402 g/mol. The van der Waals surface area contributed by atoms with Crippen molar-refractivity contribution in [3.8, 4) is 0 Å². The Labute approximate surface area is 177 Å². The zero-order valence-electron chi connectivity index (χ0n) is 18.1. The molecule has 0 aliphatic carbocycles. The number of aliphatic hydroxyl groups is 4. The lowest BCUT2D eigenvalue weighted by molar-refractivity contribution is 0.136. The second-order valence-corrected chi connectivity index (χ2v) is 7.62. The molecule has 0 saturated heterocycles. The highest BCUT2D eigenvalue weighted by atomic mass is 32.3. The summed E-state index contributed by atoms with van der Waals surface area (Å²) in [6, 6.07) is 0. The molecule has 0 aromatic rings. The Balaban J connectivity index is -0.000000392.